The third-order valence-corrected chi connectivity index (χ3v) is 3.88. The number of nitrogens with one attached hydrogen (secondary N) is 2. The van der Waals surface area contributed by atoms with Gasteiger partial charge in [0, 0.05) is 12.5 Å². The normalized spacial score (nSPS) is 17.1. The van der Waals surface area contributed by atoms with Crippen LogP contribution in [0.15, 0.2) is 24.3 Å². The van der Waals surface area contributed by atoms with Crippen molar-refractivity contribution in [2.75, 3.05) is 26.7 Å². The quantitative estimate of drug-likeness (QED) is 0.736. The van der Waals surface area contributed by atoms with E-state index in [4.69, 9.17) is 4.74 Å². The number of aliphatic hydroxyl groups is 1. The van der Waals surface area contributed by atoms with E-state index in [1.807, 2.05) is 25.1 Å². The van der Waals surface area contributed by atoms with Gasteiger partial charge in [0.25, 0.3) is 0 Å². The van der Waals surface area contributed by atoms with Crippen molar-refractivity contribution in [1.29, 1.82) is 0 Å². The number of hydrogen-bond acceptors (Lipinski definition) is 4. The molecule has 5 nitrogen and oxygen atoms in total. The summed E-state index contributed by atoms with van der Waals surface area (Å²) >= 11 is 0. The minimum atomic E-state index is -0.722. The molecule has 0 aromatic heterocycles. The highest BCUT2D eigenvalue weighted by atomic mass is 35.5. The molecule has 1 aliphatic rings. The molecule has 1 aliphatic heterocycles. The van der Waals surface area contributed by atoms with E-state index in [0.29, 0.717) is 11.7 Å². The molecule has 1 saturated heterocycles. The molecule has 2 atom stereocenters. The predicted molar refractivity (Wildman–Crippen MR) is 83.7 cm³/mol. The Labute approximate surface area is 131 Å². The first kappa shape index (κ1) is 17.8. The maximum Gasteiger partial charge on any atom is 0.223 e. The number of methoxy groups -OCH3 is 1. The van der Waals surface area contributed by atoms with Crippen molar-refractivity contribution in [3.8, 4) is 5.75 Å². The Morgan fingerprint density at radius 3 is 2.81 bits per heavy atom. The van der Waals surface area contributed by atoms with Gasteiger partial charge < -0.3 is 20.5 Å². The van der Waals surface area contributed by atoms with Crippen LogP contribution in [-0.4, -0.2) is 37.8 Å². The van der Waals surface area contributed by atoms with Crippen molar-refractivity contribution >= 4 is 18.3 Å². The van der Waals surface area contributed by atoms with Crippen LogP contribution >= 0.6 is 12.4 Å². The van der Waals surface area contributed by atoms with Crippen molar-refractivity contribution in [2.24, 2.45) is 11.8 Å². The number of halogens is 1. The van der Waals surface area contributed by atoms with E-state index in [-0.39, 0.29) is 30.8 Å². The average molecular weight is 315 g/mol. The van der Waals surface area contributed by atoms with Crippen LogP contribution in [0, 0.1) is 11.8 Å². The Hall–Kier alpha value is -1.30. The first-order chi connectivity index (χ1) is 9.61. The summed E-state index contributed by atoms with van der Waals surface area (Å²) < 4.78 is 5.12. The van der Waals surface area contributed by atoms with Crippen LogP contribution in [0.2, 0.25) is 0 Å². The van der Waals surface area contributed by atoms with Crippen LogP contribution in [-0.2, 0) is 4.79 Å². The van der Waals surface area contributed by atoms with Gasteiger partial charge in [-0.05, 0) is 36.7 Å². The number of aliphatic hydroxyl groups excluding tert-OH is 1. The molecule has 2 unspecified atom stereocenters. The number of hydrogen-bond donors (Lipinski definition) is 3. The second kappa shape index (κ2) is 8.22. The largest absolute Gasteiger partial charge is 0.497 e. The van der Waals surface area contributed by atoms with Gasteiger partial charge in [0.05, 0.1) is 13.2 Å². The summed E-state index contributed by atoms with van der Waals surface area (Å²) in [5.74, 6) is 1.08. The molecule has 0 saturated carbocycles. The zero-order valence-corrected chi connectivity index (χ0v) is 13.2. The molecular formula is C15H23ClN2O3. The Balaban J connectivity index is 0.00000220. The van der Waals surface area contributed by atoms with Crippen molar-refractivity contribution in [1.82, 2.24) is 10.6 Å². The maximum absolute atomic E-state index is 12.0. The minimum Gasteiger partial charge on any atom is -0.497 e. The highest BCUT2D eigenvalue weighted by Crippen LogP contribution is 2.19. The lowest BCUT2D eigenvalue weighted by Gasteiger charge is -2.31. The molecule has 1 heterocycles. The van der Waals surface area contributed by atoms with Gasteiger partial charge >= 0.3 is 0 Å². The zero-order valence-electron chi connectivity index (χ0n) is 12.3. The first-order valence-corrected chi connectivity index (χ1v) is 6.92. The summed E-state index contributed by atoms with van der Waals surface area (Å²) in [6, 6.07) is 7.23. The average Bonchev–Trinajstić information content (AvgIpc) is 2.42. The molecule has 6 heteroatoms. The molecule has 21 heavy (non-hydrogen) atoms. The second-order valence-electron chi connectivity index (χ2n) is 5.24. The highest BCUT2D eigenvalue weighted by molar-refractivity contribution is 5.85. The van der Waals surface area contributed by atoms with E-state index in [1.54, 1.807) is 13.2 Å². The van der Waals surface area contributed by atoms with Crippen molar-refractivity contribution in [3.63, 3.8) is 0 Å². The van der Waals surface area contributed by atoms with Crippen LogP contribution in [0.4, 0.5) is 0 Å². The monoisotopic (exact) mass is 314 g/mol. The van der Waals surface area contributed by atoms with Crippen LogP contribution < -0.4 is 15.4 Å². The molecule has 0 aliphatic carbocycles. The van der Waals surface area contributed by atoms with Gasteiger partial charge in [0.1, 0.15) is 5.75 Å². The summed E-state index contributed by atoms with van der Waals surface area (Å²) in [4.78, 5) is 12.0. The molecule has 1 aromatic carbocycles. The summed E-state index contributed by atoms with van der Waals surface area (Å²) in [6.45, 7) is 3.94. The lowest BCUT2D eigenvalue weighted by atomic mass is 9.88. The van der Waals surface area contributed by atoms with Crippen LogP contribution in [0.1, 0.15) is 18.6 Å². The van der Waals surface area contributed by atoms with Crippen molar-refractivity contribution in [3.05, 3.63) is 29.8 Å². The fourth-order valence-electron chi connectivity index (χ4n) is 2.20. The molecule has 0 spiro atoms. The third kappa shape index (κ3) is 4.59. The topological polar surface area (TPSA) is 70.6 Å². The third-order valence-electron chi connectivity index (χ3n) is 3.88. The highest BCUT2D eigenvalue weighted by Gasteiger charge is 2.28. The molecule has 3 N–H and O–H groups in total. The van der Waals surface area contributed by atoms with Gasteiger partial charge in [-0.25, -0.2) is 0 Å². The number of benzene rings is 1. The number of carbonyl (C=O) groups excluding carboxylic acids is 1. The number of rotatable bonds is 6. The lowest BCUT2D eigenvalue weighted by molar-refractivity contribution is -0.127. The number of ether oxygens (including phenoxy) is 1. The summed E-state index contributed by atoms with van der Waals surface area (Å²) in [7, 11) is 1.58. The van der Waals surface area contributed by atoms with Gasteiger partial charge in [0.15, 0.2) is 0 Å². The molecular weight excluding hydrogens is 292 g/mol. The SMILES string of the molecule is COc1cccc(C(O)CNC(=O)C(C)C2CNC2)c1.Cl. The smallest absolute Gasteiger partial charge is 0.223 e. The van der Waals surface area contributed by atoms with Gasteiger partial charge in [0.2, 0.25) is 5.91 Å². The van der Waals surface area contributed by atoms with E-state index in [2.05, 4.69) is 10.6 Å². The Kier molecular flexibility index (Phi) is 6.95. The van der Waals surface area contributed by atoms with Gasteiger partial charge in [-0.2, -0.15) is 0 Å². The van der Waals surface area contributed by atoms with E-state index in [1.165, 1.54) is 0 Å². The Morgan fingerprint density at radius 1 is 1.52 bits per heavy atom. The van der Waals surface area contributed by atoms with Crippen molar-refractivity contribution in [2.45, 2.75) is 13.0 Å². The van der Waals surface area contributed by atoms with E-state index >= 15 is 0 Å². The molecule has 118 valence electrons. The van der Waals surface area contributed by atoms with E-state index in [0.717, 1.165) is 18.7 Å². The predicted octanol–water partition coefficient (Wildman–Crippen LogP) is 1.12. The molecule has 1 aromatic rings. The summed E-state index contributed by atoms with van der Waals surface area (Å²) in [6.07, 6.45) is -0.722. The first-order valence-electron chi connectivity index (χ1n) is 6.92. The van der Waals surface area contributed by atoms with Crippen LogP contribution in [0.5, 0.6) is 5.75 Å². The van der Waals surface area contributed by atoms with Gasteiger partial charge in [-0.15, -0.1) is 12.4 Å². The number of carbonyl (C=O) groups is 1. The van der Waals surface area contributed by atoms with Gasteiger partial charge in [-0.1, -0.05) is 19.1 Å². The second-order valence-corrected chi connectivity index (χ2v) is 5.24. The molecule has 0 radical (unpaired) electrons. The summed E-state index contributed by atoms with van der Waals surface area (Å²) in [5, 5.41) is 16.1. The minimum absolute atomic E-state index is 0. The van der Waals surface area contributed by atoms with Crippen LogP contribution in [0.25, 0.3) is 0 Å². The molecule has 1 fully saturated rings. The van der Waals surface area contributed by atoms with Crippen molar-refractivity contribution < 1.29 is 14.6 Å². The Morgan fingerprint density at radius 2 is 2.24 bits per heavy atom. The fourth-order valence-corrected chi connectivity index (χ4v) is 2.20. The molecule has 1 amide bonds. The fraction of sp³-hybridized carbons (Fsp3) is 0.533. The molecule has 0 bridgehead atoms. The Bertz CT molecular complexity index is 466. The standard InChI is InChI=1S/C15H22N2O3.ClH/c1-10(12-7-16-8-12)15(19)17-9-14(18)11-4-3-5-13(6-11)20-2;/h3-6,10,12,14,16,18H,7-9H2,1-2H3,(H,17,19);1H. The van der Waals surface area contributed by atoms with Gasteiger partial charge in [-0.3, -0.25) is 4.79 Å². The molecule has 2 rings (SSSR count). The van der Waals surface area contributed by atoms with E-state index < -0.39 is 6.10 Å². The zero-order chi connectivity index (χ0) is 14.5. The number of amides is 1. The lowest BCUT2D eigenvalue weighted by Crippen LogP contribution is -2.50. The van der Waals surface area contributed by atoms with E-state index in [9.17, 15) is 9.90 Å². The maximum atomic E-state index is 12.0. The van der Waals surface area contributed by atoms with Crippen LogP contribution in [0.3, 0.4) is 0 Å². The summed E-state index contributed by atoms with van der Waals surface area (Å²) in [5.41, 5.74) is 0.739.